The van der Waals surface area contributed by atoms with Gasteiger partial charge in [-0.05, 0) is 33.6 Å². The zero-order chi connectivity index (χ0) is 9.07. The van der Waals surface area contributed by atoms with Gasteiger partial charge < -0.3 is 5.73 Å². The maximum atomic E-state index is 12.9. The molecule has 0 amide bonds. The molecule has 1 nitrogen and oxygen atoms in total. The lowest BCUT2D eigenvalue weighted by atomic mass is 9.98. The van der Waals surface area contributed by atoms with Gasteiger partial charge in [-0.15, -0.1) is 0 Å². The van der Waals surface area contributed by atoms with Crippen LogP contribution in [0.5, 0.6) is 0 Å². The topological polar surface area (TPSA) is 26.0 Å². The van der Waals surface area contributed by atoms with Gasteiger partial charge in [-0.2, -0.15) is 0 Å². The fourth-order valence-corrected chi connectivity index (χ4v) is 0.745. The van der Waals surface area contributed by atoms with E-state index in [9.17, 15) is 4.39 Å². The first-order valence-electron chi connectivity index (χ1n) is 3.93. The van der Waals surface area contributed by atoms with E-state index in [2.05, 4.69) is 6.58 Å². The third-order valence-corrected chi connectivity index (χ3v) is 1.68. The Labute approximate surface area is 68.5 Å². The van der Waals surface area contributed by atoms with E-state index in [0.29, 0.717) is 12.8 Å². The molecule has 1 atom stereocenters. The Kier molecular flexibility index (Phi) is 3.73. The normalized spacial score (nSPS) is 14.6. The molecule has 0 radical (unpaired) electrons. The monoisotopic (exact) mass is 159 g/mol. The zero-order valence-electron chi connectivity index (χ0n) is 7.65. The summed E-state index contributed by atoms with van der Waals surface area (Å²) in [5, 5.41) is 0. The average molecular weight is 159 g/mol. The van der Waals surface area contributed by atoms with E-state index in [1.54, 1.807) is 13.8 Å². The minimum Gasteiger partial charge on any atom is -0.324 e. The van der Waals surface area contributed by atoms with E-state index >= 15 is 0 Å². The fourth-order valence-electron chi connectivity index (χ4n) is 0.745. The number of hydrogen-bond acceptors (Lipinski definition) is 1. The predicted octanol–water partition coefficient (Wildman–Crippen LogP) is 2.42. The summed E-state index contributed by atoms with van der Waals surface area (Å²) in [6.45, 7) is 8.71. The van der Waals surface area contributed by atoms with Gasteiger partial charge >= 0.3 is 0 Å². The molecule has 0 aromatic carbocycles. The third-order valence-electron chi connectivity index (χ3n) is 1.68. The van der Waals surface area contributed by atoms with Gasteiger partial charge in [0.25, 0.3) is 0 Å². The molecule has 0 aliphatic heterocycles. The van der Waals surface area contributed by atoms with Gasteiger partial charge in [0.15, 0.2) is 0 Å². The lowest BCUT2D eigenvalue weighted by Gasteiger charge is -2.17. The molecule has 0 saturated heterocycles. The molecule has 66 valence electrons. The Bertz CT molecular complexity index is 135. The molecule has 0 fully saturated rings. The first-order valence-corrected chi connectivity index (χ1v) is 3.93. The van der Waals surface area contributed by atoms with Crippen molar-refractivity contribution < 1.29 is 4.39 Å². The van der Waals surface area contributed by atoms with Gasteiger partial charge in [-0.25, -0.2) is 4.39 Å². The quantitative estimate of drug-likeness (QED) is 0.626. The molecule has 0 heterocycles. The van der Waals surface area contributed by atoms with E-state index in [-0.39, 0.29) is 6.04 Å². The first kappa shape index (κ1) is 10.6. The first-order chi connectivity index (χ1) is 4.83. The molecule has 2 N–H and O–H groups in total. The molecule has 0 saturated carbocycles. The van der Waals surface area contributed by atoms with Gasteiger partial charge in [0.2, 0.25) is 0 Å². The summed E-state index contributed by atoms with van der Waals surface area (Å²) < 4.78 is 12.9. The van der Waals surface area contributed by atoms with E-state index in [4.69, 9.17) is 5.73 Å². The second-order valence-electron chi connectivity index (χ2n) is 3.71. The van der Waals surface area contributed by atoms with Crippen LogP contribution in [0.25, 0.3) is 0 Å². The second-order valence-corrected chi connectivity index (χ2v) is 3.71. The van der Waals surface area contributed by atoms with Gasteiger partial charge in [-0.1, -0.05) is 12.2 Å². The molecule has 0 spiro atoms. The molecule has 11 heavy (non-hydrogen) atoms. The molecule has 0 bridgehead atoms. The predicted molar refractivity (Wildman–Crippen MR) is 47.2 cm³/mol. The van der Waals surface area contributed by atoms with Crippen LogP contribution in [0.1, 0.15) is 33.6 Å². The largest absolute Gasteiger partial charge is 0.324 e. The van der Waals surface area contributed by atoms with Crippen molar-refractivity contribution in [3.8, 4) is 0 Å². The number of alkyl halides is 1. The number of nitrogens with two attached hydrogens (primary N) is 1. The summed E-state index contributed by atoms with van der Waals surface area (Å²) in [6, 6.07) is -0.0509. The fraction of sp³-hybridized carbons (Fsp3) is 0.778. The minimum atomic E-state index is -1.10. The highest BCUT2D eigenvalue weighted by Crippen LogP contribution is 2.18. The maximum absolute atomic E-state index is 12.9. The summed E-state index contributed by atoms with van der Waals surface area (Å²) in [6.07, 6.45) is 1.18. The Morgan fingerprint density at radius 1 is 1.64 bits per heavy atom. The second kappa shape index (κ2) is 3.86. The van der Waals surface area contributed by atoms with E-state index in [1.165, 1.54) is 0 Å². The molecule has 0 aliphatic rings. The molecular formula is C9H18FN. The average Bonchev–Trinajstić information content (AvgIpc) is 1.80. The Morgan fingerprint density at radius 3 is 2.36 bits per heavy atom. The van der Waals surface area contributed by atoms with Crippen LogP contribution in [0.3, 0.4) is 0 Å². The third kappa shape index (κ3) is 6.05. The standard InChI is InChI=1S/C9H18FN/c1-7(2)8(11)5-6-9(3,4)10/h8H,1,5-6,11H2,2-4H3. The lowest BCUT2D eigenvalue weighted by molar-refractivity contribution is 0.195. The molecule has 0 aromatic rings. The van der Waals surface area contributed by atoms with Crippen molar-refractivity contribution in [2.45, 2.75) is 45.3 Å². The van der Waals surface area contributed by atoms with Crippen molar-refractivity contribution in [3.63, 3.8) is 0 Å². The van der Waals surface area contributed by atoms with Gasteiger partial charge in [0.1, 0.15) is 5.67 Å². The van der Waals surface area contributed by atoms with E-state index in [1.807, 2.05) is 6.92 Å². The summed E-state index contributed by atoms with van der Waals surface area (Å²) in [7, 11) is 0. The molecule has 0 aromatic heterocycles. The number of hydrogen-bond donors (Lipinski definition) is 1. The summed E-state index contributed by atoms with van der Waals surface area (Å²) in [5.41, 5.74) is 5.48. The SMILES string of the molecule is C=C(C)C(N)CCC(C)(C)F. The van der Waals surface area contributed by atoms with Crippen molar-refractivity contribution in [1.29, 1.82) is 0 Å². The number of halogens is 1. The molecule has 1 unspecified atom stereocenters. The van der Waals surface area contributed by atoms with Crippen LogP contribution in [0.2, 0.25) is 0 Å². The van der Waals surface area contributed by atoms with Crippen molar-refractivity contribution in [3.05, 3.63) is 12.2 Å². The van der Waals surface area contributed by atoms with Crippen LogP contribution in [0, 0.1) is 0 Å². The Balaban J connectivity index is 3.63. The van der Waals surface area contributed by atoms with Gasteiger partial charge in [0, 0.05) is 6.04 Å². The smallest absolute Gasteiger partial charge is 0.105 e. The van der Waals surface area contributed by atoms with E-state index < -0.39 is 5.67 Å². The van der Waals surface area contributed by atoms with Crippen LogP contribution in [0.15, 0.2) is 12.2 Å². The van der Waals surface area contributed by atoms with Crippen LogP contribution in [-0.2, 0) is 0 Å². The van der Waals surface area contributed by atoms with Crippen LogP contribution >= 0.6 is 0 Å². The Hall–Kier alpha value is -0.370. The highest BCUT2D eigenvalue weighted by molar-refractivity contribution is 4.99. The van der Waals surface area contributed by atoms with Crippen molar-refractivity contribution >= 4 is 0 Å². The molecule has 0 aliphatic carbocycles. The maximum Gasteiger partial charge on any atom is 0.105 e. The van der Waals surface area contributed by atoms with Crippen molar-refractivity contribution in [1.82, 2.24) is 0 Å². The molecular weight excluding hydrogens is 141 g/mol. The van der Waals surface area contributed by atoms with Crippen LogP contribution in [-0.4, -0.2) is 11.7 Å². The minimum absolute atomic E-state index is 0.0509. The highest BCUT2D eigenvalue weighted by Gasteiger charge is 2.16. The van der Waals surface area contributed by atoms with Gasteiger partial charge in [0.05, 0.1) is 0 Å². The summed E-state index contributed by atoms with van der Waals surface area (Å²) in [4.78, 5) is 0. The zero-order valence-corrected chi connectivity index (χ0v) is 7.65. The summed E-state index contributed by atoms with van der Waals surface area (Å²) in [5.74, 6) is 0. The highest BCUT2D eigenvalue weighted by atomic mass is 19.1. The van der Waals surface area contributed by atoms with E-state index in [0.717, 1.165) is 5.57 Å². The summed E-state index contributed by atoms with van der Waals surface area (Å²) >= 11 is 0. The lowest BCUT2D eigenvalue weighted by Crippen LogP contribution is -2.24. The Morgan fingerprint density at radius 2 is 2.09 bits per heavy atom. The van der Waals surface area contributed by atoms with Crippen LogP contribution in [0.4, 0.5) is 4.39 Å². The van der Waals surface area contributed by atoms with Gasteiger partial charge in [-0.3, -0.25) is 0 Å². The number of rotatable bonds is 4. The molecule has 2 heteroatoms. The van der Waals surface area contributed by atoms with Crippen molar-refractivity contribution in [2.75, 3.05) is 0 Å². The van der Waals surface area contributed by atoms with Crippen molar-refractivity contribution in [2.24, 2.45) is 5.73 Å². The van der Waals surface area contributed by atoms with Crippen LogP contribution < -0.4 is 5.73 Å². The molecule has 0 rings (SSSR count).